The number of rotatable bonds is 4. The standard InChI is InChI=1S/C13H11BrN4OS/c14-7-6-11(19)15-12-16-13-18(17-12)10(8-20-13)9-4-2-1-3-5-9/h1-5,8H,6-7H2,(H,15,17,19). The summed E-state index contributed by atoms with van der Waals surface area (Å²) in [4.78, 5) is 16.6. The molecular weight excluding hydrogens is 340 g/mol. The number of carbonyl (C=O) groups excluding carboxylic acids is 1. The van der Waals surface area contributed by atoms with Crippen molar-refractivity contribution in [2.75, 3.05) is 10.6 Å². The largest absolute Gasteiger partial charge is 0.293 e. The molecule has 7 heteroatoms. The van der Waals surface area contributed by atoms with E-state index < -0.39 is 0 Å². The predicted octanol–water partition coefficient (Wildman–Crippen LogP) is 3.18. The van der Waals surface area contributed by atoms with E-state index >= 15 is 0 Å². The molecule has 0 aliphatic rings. The molecule has 3 rings (SSSR count). The second kappa shape index (κ2) is 5.72. The quantitative estimate of drug-likeness (QED) is 0.735. The Morgan fingerprint density at radius 1 is 1.35 bits per heavy atom. The number of fused-ring (bicyclic) bond motifs is 1. The Hall–Kier alpha value is -1.73. The van der Waals surface area contributed by atoms with Crippen molar-refractivity contribution in [2.45, 2.75) is 6.42 Å². The molecule has 1 N–H and O–H groups in total. The number of halogens is 1. The summed E-state index contributed by atoms with van der Waals surface area (Å²) in [5.74, 6) is 0.251. The van der Waals surface area contributed by atoms with Gasteiger partial charge in [0.1, 0.15) is 0 Å². The monoisotopic (exact) mass is 350 g/mol. The summed E-state index contributed by atoms with van der Waals surface area (Å²) in [5, 5.41) is 9.66. The van der Waals surface area contributed by atoms with E-state index in [-0.39, 0.29) is 5.91 Å². The zero-order chi connectivity index (χ0) is 13.9. The van der Waals surface area contributed by atoms with E-state index in [0.29, 0.717) is 17.7 Å². The smallest absolute Gasteiger partial charge is 0.250 e. The first-order chi connectivity index (χ1) is 9.78. The fraction of sp³-hybridized carbons (Fsp3) is 0.154. The van der Waals surface area contributed by atoms with Crippen molar-refractivity contribution in [1.29, 1.82) is 0 Å². The molecule has 0 aliphatic heterocycles. The first kappa shape index (κ1) is 13.3. The lowest BCUT2D eigenvalue weighted by Crippen LogP contribution is -2.12. The molecule has 2 aromatic heterocycles. The average molecular weight is 351 g/mol. The van der Waals surface area contributed by atoms with Gasteiger partial charge in [-0.3, -0.25) is 10.1 Å². The number of aromatic nitrogens is 3. The van der Waals surface area contributed by atoms with Crippen LogP contribution in [0.4, 0.5) is 5.95 Å². The fourth-order valence-corrected chi connectivity index (χ4v) is 3.01. The van der Waals surface area contributed by atoms with E-state index in [1.54, 1.807) is 4.52 Å². The summed E-state index contributed by atoms with van der Waals surface area (Å²) in [6.07, 6.45) is 0.401. The van der Waals surface area contributed by atoms with Crippen LogP contribution in [0, 0.1) is 0 Å². The molecule has 5 nitrogen and oxygen atoms in total. The Balaban J connectivity index is 1.93. The molecule has 20 heavy (non-hydrogen) atoms. The van der Waals surface area contributed by atoms with Crippen molar-refractivity contribution in [3.05, 3.63) is 35.7 Å². The fourth-order valence-electron chi connectivity index (χ4n) is 1.81. The molecule has 1 aromatic carbocycles. The van der Waals surface area contributed by atoms with Crippen LogP contribution in [-0.4, -0.2) is 25.8 Å². The average Bonchev–Trinajstić information content (AvgIpc) is 2.99. The maximum absolute atomic E-state index is 11.5. The minimum Gasteiger partial charge on any atom is -0.293 e. The Morgan fingerprint density at radius 2 is 2.15 bits per heavy atom. The zero-order valence-electron chi connectivity index (χ0n) is 10.4. The van der Waals surface area contributed by atoms with Crippen molar-refractivity contribution in [3.63, 3.8) is 0 Å². The summed E-state index contributed by atoms with van der Waals surface area (Å²) in [6, 6.07) is 9.97. The normalized spacial score (nSPS) is 10.8. The minimum absolute atomic E-state index is 0.0959. The molecule has 3 aromatic rings. The van der Waals surface area contributed by atoms with E-state index in [1.807, 2.05) is 35.7 Å². The molecule has 102 valence electrons. The van der Waals surface area contributed by atoms with Crippen LogP contribution in [0.15, 0.2) is 35.7 Å². The number of thiazole rings is 1. The number of anilines is 1. The summed E-state index contributed by atoms with van der Waals surface area (Å²) in [6.45, 7) is 0. The number of hydrogen-bond acceptors (Lipinski definition) is 4. The molecule has 0 aliphatic carbocycles. The van der Waals surface area contributed by atoms with Crippen molar-refractivity contribution in [2.24, 2.45) is 0 Å². The molecule has 0 unspecified atom stereocenters. The third-order valence-corrected chi connectivity index (χ3v) is 3.94. The second-order valence-corrected chi connectivity index (χ2v) is 5.73. The highest BCUT2D eigenvalue weighted by atomic mass is 79.9. The number of benzene rings is 1. The van der Waals surface area contributed by atoms with E-state index in [4.69, 9.17) is 0 Å². The van der Waals surface area contributed by atoms with Gasteiger partial charge in [-0.25, -0.2) is 4.52 Å². The predicted molar refractivity (Wildman–Crippen MR) is 83.3 cm³/mol. The van der Waals surface area contributed by atoms with Crippen LogP contribution in [-0.2, 0) is 4.79 Å². The molecule has 2 heterocycles. The van der Waals surface area contributed by atoms with Crippen LogP contribution in [0.3, 0.4) is 0 Å². The van der Waals surface area contributed by atoms with Gasteiger partial charge in [0.15, 0.2) is 0 Å². The Kier molecular flexibility index (Phi) is 3.79. The lowest BCUT2D eigenvalue weighted by Gasteiger charge is -1.98. The van der Waals surface area contributed by atoms with Gasteiger partial charge in [-0.05, 0) is 0 Å². The number of amides is 1. The van der Waals surface area contributed by atoms with E-state index in [0.717, 1.165) is 16.2 Å². The number of alkyl halides is 1. The number of carbonyl (C=O) groups is 1. The van der Waals surface area contributed by atoms with Crippen LogP contribution in [0.5, 0.6) is 0 Å². The Morgan fingerprint density at radius 3 is 2.90 bits per heavy atom. The summed E-state index contributed by atoms with van der Waals surface area (Å²) in [7, 11) is 0. The van der Waals surface area contributed by atoms with E-state index in [1.165, 1.54) is 11.3 Å². The van der Waals surface area contributed by atoms with Crippen molar-refractivity contribution >= 4 is 44.1 Å². The molecule has 0 saturated heterocycles. The van der Waals surface area contributed by atoms with Gasteiger partial charge in [0.25, 0.3) is 0 Å². The lowest BCUT2D eigenvalue weighted by atomic mass is 10.2. The number of nitrogens with zero attached hydrogens (tertiary/aromatic N) is 3. The topological polar surface area (TPSA) is 59.3 Å². The van der Waals surface area contributed by atoms with Gasteiger partial charge in [0, 0.05) is 22.7 Å². The van der Waals surface area contributed by atoms with Gasteiger partial charge in [-0.1, -0.05) is 46.3 Å². The maximum Gasteiger partial charge on any atom is 0.250 e. The van der Waals surface area contributed by atoms with E-state index in [2.05, 4.69) is 31.3 Å². The third kappa shape index (κ3) is 2.59. The minimum atomic E-state index is -0.0959. The first-order valence-electron chi connectivity index (χ1n) is 6.03. The number of hydrogen-bond donors (Lipinski definition) is 1. The molecule has 0 fully saturated rings. The third-order valence-electron chi connectivity index (χ3n) is 2.72. The van der Waals surface area contributed by atoms with Crippen molar-refractivity contribution in [3.8, 4) is 11.3 Å². The number of nitrogens with one attached hydrogen (secondary N) is 1. The van der Waals surface area contributed by atoms with Crippen molar-refractivity contribution < 1.29 is 4.79 Å². The molecule has 0 saturated carbocycles. The van der Waals surface area contributed by atoms with Crippen LogP contribution in [0.2, 0.25) is 0 Å². The van der Waals surface area contributed by atoms with Gasteiger partial charge < -0.3 is 0 Å². The van der Waals surface area contributed by atoms with Crippen molar-refractivity contribution in [1.82, 2.24) is 14.6 Å². The highest BCUT2D eigenvalue weighted by molar-refractivity contribution is 9.09. The Labute approximate surface area is 127 Å². The van der Waals surface area contributed by atoms with Crippen LogP contribution >= 0.6 is 27.3 Å². The van der Waals surface area contributed by atoms with Gasteiger partial charge in [-0.15, -0.1) is 16.4 Å². The van der Waals surface area contributed by atoms with Gasteiger partial charge in [0.05, 0.1) is 5.69 Å². The van der Waals surface area contributed by atoms with Gasteiger partial charge >= 0.3 is 0 Å². The second-order valence-electron chi connectivity index (χ2n) is 4.10. The highest BCUT2D eigenvalue weighted by Gasteiger charge is 2.12. The van der Waals surface area contributed by atoms with Crippen LogP contribution in [0.1, 0.15) is 6.42 Å². The van der Waals surface area contributed by atoms with Gasteiger partial charge in [-0.2, -0.15) is 4.98 Å². The highest BCUT2D eigenvalue weighted by Crippen LogP contribution is 2.25. The summed E-state index contributed by atoms with van der Waals surface area (Å²) in [5.41, 5.74) is 2.04. The first-order valence-corrected chi connectivity index (χ1v) is 8.03. The van der Waals surface area contributed by atoms with Crippen LogP contribution in [0.25, 0.3) is 16.2 Å². The molecule has 0 radical (unpaired) electrons. The molecular formula is C13H11BrN4OS. The van der Waals surface area contributed by atoms with E-state index in [9.17, 15) is 4.79 Å². The molecule has 0 bridgehead atoms. The Bertz CT molecular complexity index is 737. The summed E-state index contributed by atoms with van der Waals surface area (Å²) < 4.78 is 1.75. The molecule has 0 spiro atoms. The lowest BCUT2D eigenvalue weighted by molar-refractivity contribution is -0.115. The maximum atomic E-state index is 11.5. The van der Waals surface area contributed by atoms with Gasteiger partial charge in [0.2, 0.25) is 16.8 Å². The SMILES string of the molecule is O=C(CCBr)Nc1nc2scc(-c3ccccc3)n2n1. The zero-order valence-corrected chi connectivity index (χ0v) is 12.8. The summed E-state index contributed by atoms with van der Waals surface area (Å²) >= 11 is 4.73. The van der Waals surface area contributed by atoms with Crippen LogP contribution < -0.4 is 5.32 Å². The molecule has 1 amide bonds. The molecule has 0 atom stereocenters.